The molecule has 1 aliphatic rings. The number of furan rings is 1. The van der Waals surface area contributed by atoms with Gasteiger partial charge in [-0.15, -0.1) is 0 Å². The second-order valence-electron chi connectivity index (χ2n) is 8.47. The summed E-state index contributed by atoms with van der Waals surface area (Å²) in [6.45, 7) is 1.84. The van der Waals surface area contributed by atoms with Gasteiger partial charge in [0.1, 0.15) is 17.3 Å². The van der Waals surface area contributed by atoms with Gasteiger partial charge >= 0.3 is 0 Å². The molecule has 0 unspecified atom stereocenters. The summed E-state index contributed by atoms with van der Waals surface area (Å²) in [6, 6.07) is 25.5. The number of fused-ring (bicyclic) bond motifs is 1. The number of para-hydroxylation sites is 1. The summed E-state index contributed by atoms with van der Waals surface area (Å²) in [6.07, 6.45) is 2.22. The fourth-order valence-electron chi connectivity index (χ4n) is 4.19. The molecule has 7 heteroatoms. The van der Waals surface area contributed by atoms with Crippen LogP contribution in [0.25, 0.3) is 0 Å². The van der Waals surface area contributed by atoms with Crippen LogP contribution >= 0.6 is 0 Å². The van der Waals surface area contributed by atoms with E-state index in [2.05, 4.69) is 15.8 Å². The van der Waals surface area contributed by atoms with E-state index in [9.17, 15) is 9.59 Å². The smallest absolute Gasteiger partial charge is 0.291 e. The second-order valence-corrected chi connectivity index (χ2v) is 8.47. The van der Waals surface area contributed by atoms with E-state index in [1.165, 1.54) is 0 Å². The lowest BCUT2D eigenvalue weighted by molar-refractivity contribution is 0.0953. The molecule has 0 bridgehead atoms. The third-order valence-corrected chi connectivity index (χ3v) is 5.95. The first-order chi connectivity index (χ1) is 17.6. The first-order valence-electron chi connectivity index (χ1n) is 11.8. The second kappa shape index (κ2) is 10.3. The molecule has 3 aromatic carbocycles. The number of anilines is 1. The summed E-state index contributed by atoms with van der Waals surface area (Å²) in [7, 11) is 0. The molecule has 0 atom stereocenters. The van der Waals surface area contributed by atoms with Gasteiger partial charge < -0.3 is 14.5 Å². The summed E-state index contributed by atoms with van der Waals surface area (Å²) in [4.78, 5) is 25.5. The van der Waals surface area contributed by atoms with Gasteiger partial charge in [0.25, 0.3) is 11.8 Å². The molecule has 0 fully saturated rings. The van der Waals surface area contributed by atoms with Crippen molar-refractivity contribution < 1.29 is 18.7 Å². The molecule has 7 nitrogen and oxygen atoms in total. The Labute approximate surface area is 208 Å². The highest BCUT2D eigenvalue weighted by Crippen LogP contribution is 2.30. The van der Waals surface area contributed by atoms with Crippen LogP contribution in [-0.4, -0.2) is 17.5 Å². The predicted octanol–water partition coefficient (Wildman–Crippen LogP) is 6.10. The zero-order valence-electron chi connectivity index (χ0n) is 19.8. The van der Waals surface area contributed by atoms with Gasteiger partial charge in [-0.05, 0) is 68.3 Å². The molecular weight excluding hydrogens is 454 g/mol. The maximum Gasteiger partial charge on any atom is 0.291 e. The van der Waals surface area contributed by atoms with Gasteiger partial charge in [-0.1, -0.05) is 36.4 Å². The maximum absolute atomic E-state index is 13.0. The van der Waals surface area contributed by atoms with Crippen LogP contribution in [0.1, 0.15) is 50.6 Å². The lowest BCUT2D eigenvalue weighted by atomic mass is 9.93. The molecular formula is C29H25N3O4. The Bertz CT molecular complexity index is 1410. The van der Waals surface area contributed by atoms with E-state index < -0.39 is 0 Å². The normalized spacial score (nSPS) is 13.6. The maximum atomic E-state index is 13.0. The summed E-state index contributed by atoms with van der Waals surface area (Å²) >= 11 is 0. The molecule has 0 radical (unpaired) electrons. The number of carbonyl (C=O) groups is 2. The highest BCUT2D eigenvalue weighted by atomic mass is 16.5. The van der Waals surface area contributed by atoms with Gasteiger partial charge in [-0.3, -0.25) is 9.59 Å². The van der Waals surface area contributed by atoms with Crippen LogP contribution in [0.15, 0.2) is 94.4 Å². The van der Waals surface area contributed by atoms with Crippen molar-refractivity contribution in [2.45, 2.75) is 26.2 Å². The number of nitrogens with zero attached hydrogens (tertiary/aromatic N) is 1. The zero-order chi connectivity index (χ0) is 24.9. The number of nitrogens with one attached hydrogen (secondary N) is 2. The van der Waals surface area contributed by atoms with Gasteiger partial charge in [-0.2, -0.15) is 5.10 Å². The summed E-state index contributed by atoms with van der Waals surface area (Å²) in [5.74, 6) is 1.74. The number of hydrogen-bond acceptors (Lipinski definition) is 5. The molecule has 2 N–H and O–H groups in total. The monoisotopic (exact) mass is 479 g/mol. The summed E-state index contributed by atoms with van der Waals surface area (Å²) in [5, 5.41) is 7.26. The van der Waals surface area contributed by atoms with Crippen molar-refractivity contribution in [2.24, 2.45) is 5.10 Å². The standard InChI is InChI=1S/C29H25N3O4/c1-19-26-24(31-32-28(33)20-9-4-2-5-10-20)13-8-14-25(26)36-27(19)29(34)30-21-15-17-23(18-16-21)35-22-11-6-3-7-12-22/h2-7,9-12,15-18H,8,13-14H2,1H3,(H,30,34)(H,32,33)/b31-24+. The highest BCUT2D eigenvalue weighted by Gasteiger charge is 2.28. The van der Waals surface area contributed by atoms with Crippen LogP contribution in [-0.2, 0) is 6.42 Å². The average Bonchev–Trinajstić information content (AvgIpc) is 3.26. The van der Waals surface area contributed by atoms with Crippen LogP contribution in [0.2, 0.25) is 0 Å². The van der Waals surface area contributed by atoms with Gasteiger partial charge in [0.2, 0.25) is 0 Å². The van der Waals surface area contributed by atoms with Crippen molar-refractivity contribution in [3.05, 3.63) is 113 Å². The number of ether oxygens (including phenoxy) is 1. The van der Waals surface area contributed by atoms with E-state index >= 15 is 0 Å². The number of amides is 2. The Morgan fingerprint density at radius 1 is 0.833 bits per heavy atom. The van der Waals surface area contributed by atoms with Crippen molar-refractivity contribution >= 4 is 23.2 Å². The number of hydrazone groups is 1. The Kier molecular flexibility index (Phi) is 6.62. The molecule has 1 aliphatic carbocycles. The number of aryl methyl sites for hydroxylation is 1. The van der Waals surface area contributed by atoms with Crippen molar-refractivity contribution in [1.82, 2.24) is 5.43 Å². The lowest BCUT2D eigenvalue weighted by Gasteiger charge is -2.13. The molecule has 1 heterocycles. The molecule has 0 aliphatic heterocycles. The van der Waals surface area contributed by atoms with E-state index in [4.69, 9.17) is 9.15 Å². The van der Waals surface area contributed by atoms with Gasteiger partial charge in [-0.25, -0.2) is 5.43 Å². The number of hydrogen-bond donors (Lipinski definition) is 2. The fourth-order valence-corrected chi connectivity index (χ4v) is 4.19. The van der Waals surface area contributed by atoms with E-state index in [-0.39, 0.29) is 17.6 Å². The summed E-state index contributed by atoms with van der Waals surface area (Å²) in [5.41, 5.74) is 6.00. The quantitative estimate of drug-likeness (QED) is 0.327. The van der Waals surface area contributed by atoms with Crippen LogP contribution in [0.5, 0.6) is 11.5 Å². The molecule has 0 saturated carbocycles. The van der Waals surface area contributed by atoms with Crippen LogP contribution in [0.4, 0.5) is 5.69 Å². The van der Waals surface area contributed by atoms with Crippen LogP contribution in [0, 0.1) is 6.92 Å². The molecule has 180 valence electrons. The molecule has 1 aromatic heterocycles. The first-order valence-corrected chi connectivity index (χ1v) is 11.8. The van der Waals surface area contributed by atoms with E-state index in [0.717, 1.165) is 17.7 Å². The van der Waals surface area contributed by atoms with E-state index in [1.54, 1.807) is 48.5 Å². The van der Waals surface area contributed by atoms with Crippen molar-refractivity contribution in [3.63, 3.8) is 0 Å². The summed E-state index contributed by atoms with van der Waals surface area (Å²) < 4.78 is 11.8. The largest absolute Gasteiger partial charge is 0.457 e. The average molecular weight is 480 g/mol. The molecule has 36 heavy (non-hydrogen) atoms. The Morgan fingerprint density at radius 2 is 1.50 bits per heavy atom. The van der Waals surface area contributed by atoms with Gasteiger partial charge in [0, 0.05) is 28.8 Å². The molecule has 4 aromatic rings. The van der Waals surface area contributed by atoms with E-state index in [1.807, 2.05) is 43.3 Å². The first kappa shape index (κ1) is 23.1. The number of carbonyl (C=O) groups excluding carboxylic acids is 2. The van der Waals surface area contributed by atoms with Gasteiger partial charge in [0.05, 0.1) is 5.71 Å². The highest BCUT2D eigenvalue weighted by molar-refractivity contribution is 6.09. The van der Waals surface area contributed by atoms with Crippen molar-refractivity contribution in [3.8, 4) is 11.5 Å². The third-order valence-electron chi connectivity index (χ3n) is 5.95. The minimum atomic E-state index is -0.341. The Balaban J connectivity index is 1.29. The Morgan fingerprint density at radius 3 is 2.22 bits per heavy atom. The zero-order valence-corrected chi connectivity index (χ0v) is 19.8. The SMILES string of the molecule is Cc1c(C(=O)Nc2ccc(Oc3ccccc3)cc2)oc2c1/C(=N/NC(=O)c1ccccc1)CCC2. The van der Waals surface area contributed by atoms with E-state index in [0.29, 0.717) is 46.9 Å². The van der Waals surface area contributed by atoms with Crippen LogP contribution < -0.4 is 15.5 Å². The molecule has 0 spiro atoms. The lowest BCUT2D eigenvalue weighted by Crippen LogP contribution is -2.22. The van der Waals surface area contributed by atoms with Crippen LogP contribution in [0.3, 0.4) is 0 Å². The molecule has 5 rings (SSSR count). The predicted molar refractivity (Wildman–Crippen MR) is 138 cm³/mol. The van der Waals surface area contributed by atoms with Crippen molar-refractivity contribution in [2.75, 3.05) is 5.32 Å². The topological polar surface area (TPSA) is 92.9 Å². The third kappa shape index (κ3) is 5.05. The minimum Gasteiger partial charge on any atom is -0.457 e. The number of rotatable bonds is 6. The minimum absolute atomic E-state index is 0.244. The van der Waals surface area contributed by atoms with Gasteiger partial charge in [0.15, 0.2) is 5.76 Å². The molecule has 2 amide bonds. The fraction of sp³-hybridized carbons (Fsp3) is 0.138. The molecule has 0 saturated heterocycles. The van der Waals surface area contributed by atoms with Crippen molar-refractivity contribution in [1.29, 1.82) is 0 Å². The number of benzene rings is 3. The Hall–Kier alpha value is -4.65.